The van der Waals surface area contributed by atoms with E-state index in [2.05, 4.69) is 97.9 Å². The molecule has 0 N–H and O–H groups in total. The van der Waals surface area contributed by atoms with E-state index in [4.69, 9.17) is 0 Å². The molecule has 5 aromatic rings. The van der Waals surface area contributed by atoms with Gasteiger partial charge in [-0.05, 0) is 73.3 Å². The Morgan fingerprint density at radius 3 is 2.07 bits per heavy atom. The summed E-state index contributed by atoms with van der Waals surface area (Å²) in [5.74, 6) is 0. The lowest BCUT2D eigenvalue weighted by Gasteiger charge is -2.14. The molecule has 6 rings (SSSR count). The van der Waals surface area contributed by atoms with Crippen LogP contribution in [0.3, 0.4) is 0 Å². The Morgan fingerprint density at radius 2 is 1.31 bits per heavy atom. The van der Waals surface area contributed by atoms with Crippen molar-refractivity contribution in [3.8, 4) is 22.3 Å². The lowest BCUT2D eigenvalue weighted by molar-refractivity contribution is 1.15. The second kappa shape index (κ2) is 6.32. The highest BCUT2D eigenvalue weighted by atomic mass is 14.2. The van der Waals surface area contributed by atoms with Gasteiger partial charge in [0.2, 0.25) is 0 Å². The van der Waals surface area contributed by atoms with Gasteiger partial charge in [-0.25, -0.2) is 0 Å². The van der Waals surface area contributed by atoms with Gasteiger partial charge >= 0.3 is 0 Å². The number of rotatable bonds is 2. The summed E-state index contributed by atoms with van der Waals surface area (Å²) in [5.41, 5.74) is 9.89. The van der Waals surface area contributed by atoms with Crippen molar-refractivity contribution in [2.75, 3.05) is 0 Å². The van der Waals surface area contributed by atoms with Crippen LogP contribution in [0.25, 0.3) is 43.8 Å². The molecule has 0 saturated carbocycles. The fourth-order valence-electron chi connectivity index (χ4n) is 5.08. The van der Waals surface area contributed by atoms with Crippen LogP contribution < -0.4 is 0 Å². The summed E-state index contributed by atoms with van der Waals surface area (Å²) in [6, 6.07) is 33.8. The molecule has 0 aromatic heterocycles. The minimum absolute atomic E-state index is 1.02. The van der Waals surface area contributed by atoms with E-state index in [1.54, 1.807) is 0 Å². The zero-order valence-corrected chi connectivity index (χ0v) is 16.6. The lowest BCUT2D eigenvalue weighted by atomic mass is 9.90. The first-order valence-corrected chi connectivity index (χ1v) is 10.5. The van der Waals surface area contributed by atoms with Crippen LogP contribution in [0.4, 0.5) is 0 Å². The summed E-state index contributed by atoms with van der Waals surface area (Å²) < 4.78 is 0. The monoisotopic (exact) mass is 370 g/mol. The molecular weight excluding hydrogens is 348 g/mol. The van der Waals surface area contributed by atoms with E-state index in [-0.39, 0.29) is 0 Å². The van der Waals surface area contributed by atoms with Crippen LogP contribution in [0.2, 0.25) is 0 Å². The summed E-state index contributed by atoms with van der Waals surface area (Å²) in [4.78, 5) is 0. The maximum absolute atomic E-state index is 2.44. The third kappa shape index (κ3) is 2.46. The highest BCUT2D eigenvalue weighted by Crippen LogP contribution is 2.43. The van der Waals surface area contributed by atoms with E-state index in [1.807, 2.05) is 0 Å². The Bertz CT molecular complexity index is 1400. The van der Waals surface area contributed by atoms with Crippen LogP contribution in [-0.4, -0.2) is 0 Å². The highest BCUT2D eigenvalue weighted by molar-refractivity contribution is 6.03. The minimum atomic E-state index is 1.02. The summed E-state index contributed by atoms with van der Waals surface area (Å²) in [7, 11) is 0. The SMILES string of the molecule is CCc1ccc2ccccc2c1-c1ccc2c(c1)Cc1ccc3ccccc3c1-2. The molecule has 0 unspecified atom stereocenters. The normalized spacial score (nSPS) is 12.3. The van der Waals surface area contributed by atoms with Crippen molar-refractivity contribution in [2.45, 2.75) is 19.8 Å². The highest BCUT2D eigenvalue weighted by Gasteiger charge is 2.21. The number of hydrogen-bond acceptors (Lipinski definition) is 0. The van der Waals surface area contributed by atoms with Gasteiger partial charge in [0.15, 0.2) is 0 Å². The zero-order valence-electron chi connectivity index (χ0n) is 16.6. The molecule has 1 aliphatic carbocycles. The molecule has 0 aliphatic heterocycles. The second-order valence-corrected chi connectivity index (χ2v) is 8.04. The number of benzene rings is 5. The average Bonchev–Trinajstić information content (AvgIpc) is 3.16. The van der Waals surface area contributed by atoms with Gasteiger partial charge < -0.3 is 0 Å². The van der Waals surface area contributed by atoms with Gasteiger partial charge in [0, 0.05) is 0 Å². The number of hydrogen-bond donors (Lipinski definition) is 0. The van der Waals surface area contributed by atoms with E-state index in [0.717, 1.165) is 12.8 Å². The Balaban J connectivity index is 1.58. The molecule has 0 amide bonds. The first kappa shape index (κ1) is 16.6. The third-order valence-electron chi connectivity index (χ3n) is 6.46. The molecule has 0 radical (unpaired) electrons. The van der Waals surface area contributed by atoms with E-state index >= 15 is 0 Å². The molecule has 0 atom stereocenters. The molecule has 0 spiro atoms. The first-order valence-electron chi connectivity index (χ1n) is 10.5. The largest absolute Gasteiger partial charge is 0.0616 e. The van der Waals surface area contributed by atoms with E-state index in [0.29, 0.717) is 0 Å². The molecule has 5 aromatic carbocycles. The maximum atomic E-state index is 2.44. The molecular formula is C29H22. The van der Waals surface area contributed by atoms with Crippen LogP contribution in [0, 0.1) is 0 Å². The van der Waals surface area contributed by atoms with Gasteiger partial charge in [0.1, 0.15) is 0 Å². The van der Waals surface area contributed by atoms with E-state index in [9.17, 15) is 0 Å². The van der Waals surface area contributed by atoms with E-state index < -0.39 is 0 Å². The van der Waals surface area contributed by atoms with Gasteiger partial charge in [-0.2, -0.15) is 0 Å². The molecule has 0 heterocycles. The predicted octanol–water partition coefficient (Wildman–Crippen LogP) is 7.79. The van der Waals surface area contributed by atoms with Crippen molar-refractivity contribution in [1.29, 1.82) is 0 Å². The third-order valence-corrected chi connectivity index (χ3v) is 6.46. The zero-order chi connectivity index (χ0) is 19.4. The van der Waals surface area contributed by atoms with Crippen molar-refractivity contribution in [3.05, 3.63) is 108 Å². The first-order chi connectivity index (χ1) is 14.3. The van der Waals surface area contributed by atoms with Crippen LogP contribution in [-0.2, 0) is 12.8 Å². The van der Waals surface area contributed by atoms with Crippen LogP contribution in [0.1, 0.15) is 23.6 Å². The summed E-state index contributed by atoms with van der Waals surface area (Å²) in [5, 5.41) is 5.36. The predicted molar refractivity (Wildman–Crippen MR) is 125 cm³/mol. The van der Waals surface area contributed by atoms with Crippen molar-refractivity contribution in [3.63, 3.8) is 0 Å². The van der Waals surface area contributed by atoms with E-state index in [1.165, 1.54) is 60.5 Å². The quantitative estimate of drug-likeness (QED) is 0.292. The smallest absolute Gasteiger partial charge is 0.00130 e. The lowest BCUT2D eigenvalue weighted by Crippen LogP contribution is -1.91. The summed E-state index contributed by atoms with van der Waals surface area (Å²) in [6.45, 7) is 2.25. The van der Waals surface area contributed by atoms with Gasteiger partial charge in [0.25, 0.3) is 0 Å². The summed E-state index contributed by atoms with van der Waals surface area (Å²) >= 11 is 0. The van der Waals surface area contributed by atoms with Crippen LogP contribution in [0.5, 0.6) is 0 Å². The van der Waals surface area contributed by atoms with Crippen molar-refractivity contribution in [2.24, 2.45) is 0 Å². The van der Waals surface area contributed by atoms with Gasteiger partial charge in [-0.15, -0.1) is 0 Å². The second-order valence-electron chi connectivity index (χ2n) is 8.04. The summed E-state index contributed by atoms with van der Waals surface area (Å²) in [6.07, 6.45) is 2.07. The van der Waals surface area contributed by atoms with Crippen molar-refractivity contribution >= 4 is 21.5 Å². The molecule has 0 saturated heterocycles. The van der Waals surface area contributed by atoms with Gasteiger partial charge in [-0.1, -0.05) is 97.9 Å². The van der Waals surface area contributed by atoms with Gasteiger partial charge in [0.05, 0.1) is 0 Å². The van der Waals surface area contributed by atoms with Crippen LogP contribution >= 0.6 is 0 Å². The Hall–Kier alpha value is -3.38. The fraction of sp³-hybridized carbons (Fsp3) is 0.103. The molecule has 0 heteroatoms. The maximum Gasteiger partial charge on any atom is -0.00130 e. The molecule has 0 nitrogen and oxygen atoms in total. The van der Waals surface area contributed by atoms with Crippen LogP contribution in [0.15, 0.2) is 91.0 Å². The van der Waals surface area contributed by atoms with Crippen molar-refractivity contribution < 1.29 is 0 Å². The molecule has 138 valence electrons. The topological polar surface area (TPSA) is 0 Å². The molecule has 1 aliphatic rings. The number of aryl methyl sites for hydroxylation is 1. The Labute approximate surface area is 171 Å². The van der Waals surface area contributed by atoms with Crippen molar-refractivity contribution in [1.82, 2.24) is 0 Å². The standard InChI is InChI=1S/C29H22/c1-2-19-11-12-20-7-3-5-9-25(20)28(19)22-15-16-27-24(17-22)18-23-14-13-21-8-4-6-10-26(21)29(23)27/h3-17H,2,18H2,1H3. The molecule has 29 heavy (non-hydrogen) atoms. The van der Waals surface area contributed by atoms with Gasteiger partial charge in [-0.3, -0.25) is 0 Å². The Morgan fingerprint density at radius 1 is 0.621 bits per heavy atom. The molecule has 0 fully saturated rings. The number of fused-ring (bicyclic) bond motifs is 6. The molecule has 0 bridgehead atoms. The average molecular weight is 370 g/mol. The minimum Gasteiger partial charge on any atom is -0.0616 e. The Kier molecular flexibility index (Phi) is 3.61. The fourth-order valence-corrected chi connectivity index (χ4v) is 5.08.